The summed E-state index contributed by atoms with van der Waals surface area (Å²) >= 11 is 1.97. The third-order valence-electron chi connectivity index (χ3n) is 3.92. The Balaban J connectivity index is 1.79. The van der Waals surface area contributed by atoms with Crippen LogP contribution in [0.2, 0.25) is 0 Å². The second-order valence-corrected chi connectivity index (χ2v) is 11.1. The molecular weight excluding hydrogens is 474 g/mol. The fraction of sp³-hybridized carbons (Fsp3) is 0.389. The van der Waals surface area contributed by atoms with Gasteiger partial charge < -0.3 is 21.5 Å². The van der Waals surface area contributed by atoms with E-state index in [9.17, 15) is 13.2 Å². The van der Waals surface area contributed by atoms with Crippen LogP contribution >= 0.6 is 23.1 Å². The lowest BCUT2D eigenvalue weighted by atomic mass is 10.1. The van der Waals surface area contributed by atoms with E-state index in [1.807, 2.05) is 0 Å². The Bertz CT molecular complexity index is 1040. The molecule has 1 heterocycles. The Kier molecular flexibility index (Phi) is 10.0. The van der Waals surface area contributed by atoms with E-state index in [0.717, 1.165) is 28.7 Å². The smallest absolute Gasteiger partial charge is 0.230 e. The summed E-state index contributed by atoms with van der Waals surface area (Å²) in [5.74, 6) is 0.162. The molecule has 174 valence electrons. The molecule has 11 nitrogen and oxygen atoms in total. The van der Waals surface area contributed by atoms with Gasteiger partial charge in [0.1, 0.15) is 17.4 Å². The number of nitrogens with two attached hydrogens (primary N) is 3. The molecule has 8 N–H and O–H groups in total. The minimum absolute atomic E-state index is 0.115. The molecule has 0 saturated carbocycles. The molecule has 2 aromatic rings. The van der Waals surface area contributed by atoms with Crippen LogP contribution in [0.3, 0.4) is 0 Å². The Morgan fingerprint density at radius 3 is 2.62 bits per heavy atom. The van der Waals surface area contributed by atoms with Crippen LogP contribution in [-0.2, 0) is 27.5 Å². The number of amidine groups is 1. The topological polar surface area (TPSA) is 200 Å². The molecule has 0 fully saturated rings. The Labute approximate surface area is 194 Å². The zero-order valence-electron chi connectivity index (χ0n) is 17.2. The van der Waals surface area contributed by atoms with Gasteiger partial charge in [-0.2, -0.15) is 0 Å². The number of ether oxygens (including phenoxy) is 1. The van der Waals surface area contributed by atoms with Crippen molar-refractivity contribution in [1.29, 1.82) is 5.41 Å². The number of aromatic nitrogens is 2. The lowest BCUT2D eigenvalue weighted by Crippen LogP contribution is -2.40. The molecule has 0 aliphatic rings. The minimum Gasteiger partial charge on any atom is -0.492 e. The number of nitrogens with one attached hydrogen (secondary N) is 2. The van der Waals surface area contributed by atoms with Crippen molar-refractivity contribution in [3.63, 3.8) is 0 Å². The first-order chi connectivity index (χ1) is 15.2. The van der Waals surface area contributed by atoms with Gasteiger partial charge in [0.2, 0.25) is 16.1 Å². The maximum absolute atomic E-state index is 12.2. The number of thioether (sulfide) groups is 1. The van der Waals surface area contributed by atoms with Gasteiger partial charge in [-0.25, -0.2) is 8.42 Å². The Morgan fingerprint density at radius 1 is 1.25 bits per heavy atom. The van der Waals surface area contributed by atoms with E-state index >= 15 is 0 Å². The third-order valence-corrected chi connectivity index (χ3v) is 7.15. The summed E-state index contributed by atoms with van der Waals surface area (Å²) in [5.41, 5.74) is 11.4. The molecule has 1 aromatic heterocycles. The summed E-state index contributed by atoms with van der Waals surface area (Å²) in [7, 11) is -3.37. The molecule has 0 aliphatic heterocycles. The first-order valence-electron chi connectivity index (χ1n) is 9.54. The molecule has 0 aliphatic carbocycles. The maximum Gasteiger partial charge on any atom is 0.230 e. The summed E-state index contributed by atoms with van der Waals surface area (Å²) in [6.07, 6.45) is 0.445. The standard InChI is InChI=1S/C18H25N7O4S3/c19-7-8-29-13-3-1-12(2-4-13)11-15(26)23-18-25-24-16(31-18)6-10-32(27,28)9-5-14(20)30-17(21)22/h1-4,20H,5-11,19H2,(H3,21,22)(H,23,25,26)/p+1. The second kappa shape index (κ2) is 12.5. The van der Waals surface area contributed by atoms with E-state index in [4.69, 9.17) is 27.0 Å². The number of benzene rings is 1. The van der Waals surface area contributed by atoms with E-state index in [2.05, 4.69) is 15.5 Å². The molecule has 0 saturated heterocycles. The summed E-state index contributed by atoms with van der Waals surface area (Å²) < 4.78 is 29.7. The highest BCUT2D eigenvalue weighted by Crippen LogP contribution is 2.18. The lowest BCUT2D eigenvalue weighted by molar-refractivity contribution is -0.115. The van der Waals surface area contributed by atoms with Gasteiger partial charge in [0.05, 0.1) is 24.3 Å². The number of carbonyl (C=O) groups excluding carboxylic acids is 1. The molecular formula is C18H26N7O4S3+. The van der Waals surface area contributed by atoms with Crippen molar-refractivity contribution in [2.75, 3.05) is 30.0 Å². The van der Waals surface area contributed by atoms with Crippen LogP contribution in [0.4, 0.5) is 5.13 Å². The quantitative estimate of drug-likeness (QED) is 0.182. The fourth-order valence-corrected chi connectivity index (χ4v) is 5.17. The predicted octanol–water partition coefficient (Wildman–Crippen LogP) is -0.812. The van der Waals surface area contributed by atoms with Crippen molar-refractivity contribution in [3.05, 3.63) is 34.8 Å². The molecule has 14 heteroatoms. The number of hydrogen-bond donors (Lipinski definition) is 5. The predicted molar refractivity (Wildman–Crippen MR) is 127 cm³/mol. The van der Waals surface area contributed by atoms with Gasteiger partial charge in [-0.05, 0) is 17.7 Å². The molecule has 2 rings (SSSR count). The molecule has 0 spiro atoms. The van der Waals surface area contributed by atoms with Crippen molar-refractivity contribution >= 4 is 54.2 Å². The number of rotatable bonds is 12. The van der Waals surface area contributed by atoms with E-state index in [1.165, 1.54) is 0 Å². The fourth-order valence-electron chi connectivity index (χ4n) is 2.43. The molecule has 32 heavy (non-hydrogen) atoms. The number of sulfone groups is 1. The van der Waals surface area contributed by atoms with Crippen molar-refractivity contribution in [2.45, 2.75) is 19.3 Å². The van der Waals surface area contributed by atoms with Crippen LogP contribution in [0.5, 0.6) is 5.75 Å². The number of carbonyl (C=O) groups is 1. The second-order valence-electron chi connectivity index (χ2n) is 6.59. The average Bonchev–Trinajstić information content (AvgIpc) is 3.17. The van der Waals surface area contributed by atoms with Gasteiger partial charge in [0, 0.05) is 24.7 Å². The maximum atomic E-state index is 12.2. The Morgan fingerprint density at radius 2 is 1.97 bits per heavy atom. The Hall–Kier alpha value is -2.55. The third kappa shape index (κ3) is 9.72. The molecule has 1 amide bonds. The monoisotopic (exact) mass is 500 g/mol. The van der Waals surface area contributed by atoms with Crippen LogP contribution < -0.4 is 26.9 Å². The highest BCUT2D eigenvalue weighted by atomic mass is 32.2. The van der Waals surface area contributed by atoms with Crippen molar-refractivity contribution in [1.82, 2.24) is 10.2 Å². The largest absolute Gasteiger partial charge is 0.492 e. The molecule has 0 bridgehead atoms. The van der Waals surface area contributed by atoms with Crippen LogP contribution in [0.25, 0.3) is 0 Å². The van der Waals surface area contributed by atoms with Gasteiger partial charge in [-0.1, -0.05) is 23.5 Å². The minimum atomic E-state index is -3.37. The summed E-state index contributed by atoms with van der Waals surface area (Å²) in [4.78, 5) is 12.2. The normalized spacial score (nSPS) is 11.2. The van der Waals surface area contributed by atoms with Crippen LogP contribution in [0.1, 0.15) is 17.0 Å². The first kappa shape index (κ1) is 25.7. The summed E-state index contributed by atoms with van der Waals surface area (Å²) in [6, 6.07) is 7.12. The number of anilines is 1. The average molecular weight is 501 g/mol. The van der Waals surface area contributed by atoms with E-state index in [-0.39, 0.29) is 46.9 Å². The zero-order chi connectivity index (χ0) is 23.6. The van der Waals surface area contributed by atoms with Crippen LogP contribution in [0.15, 0.2) is 24.3 Å². The van der Waals surface area contributed by atoms with Crippen LogP contribution in [-0.4, -0.2) is 59.4 Å². The van der Waals surface area contributed by atoms with Gasteiger partial charge >= 0.3 is 0 Å². The number of amides is 1. The highest BCUT2D eigenvalue weighted by molar-refractivity contribution is 8.26. The van der Waals surface area contributed by atoms with Crippen LogP contribution in [0, 0.1) is 5.41 Å². The first-order valence-corrected chi connectivity index (χ1v) is 13.0. The van der Waals surface area contributed by atoms with Gasteiger partial charge in [-0.15, -0.1) is 10.2 Å². The molecule has 0 atom stereocenters. The van der Waals surface area contributed by atoms with Gasteiger partial charge in [0.15, 0.2) is 15.0 Å². The van der Waals surface area contributed by atoms with E-state index in [0.29, 0.717) is 29.0 Å². The molecule has 0 radical (unpaired) electrons. The molecule has 0 unspecified atom stereocenters. The van der Waals surface area contributed by atoms with Crippen molar-refractivity contribution in [2.24, 2.45) is 11.5 Å². The number of aryl methyl sites for hydroxylation is 1. The van der Waals surface area contributed by atoms with Gasteiger partial charge in [0.25, 0.3) is 0 Å². The highest BCUT2D eigenvalue weighted by Gasteiger charge is 2.17. The number of nitrogens with zero attached hydrogens (tertiary/aromatic N) is 2. The van der Waals surface area contributed by atoms with Gasteiger partial charge in [-0.3, -0.25) is 15.6 Å². The number of hydrogen-bond acceptors (Lipinski definition) is 10. The van der Waals surface area contributed by atoms with Crippen molar-refractivity contribution in [3.8, 4) is 5.75 Å². The summed E-state index contributed by atoms with van der Waals surface area (Å²) in [5, 5.41) is 24.2. The zero-order valence-corrected chi connectivity index (χ0v) is 19.7. The SMILES string of the molecule is N=C(N)SC(=[NH2+])CCS(=O)(=O)CCc1nnc(NC(=O)Cc2ccc(OCCN)cc2)s1. The summed E-state index contributed by atoms with van der Waals surface area (Å²) in [6.45, 7) is 0.847. The van der Waals surface area contributed by atoms with E-state index < -0.39 is 9.84 Å². The van der Waals surface area contributed by atoms with E-state index in [1.54, 1.807) is 24.3 Å². The molecule has 1 aromatic carbocycles. The lowest BCUT2D eigenvalue weighted by Gasteiger charge is -2.06. The van der Waals surface area contributed by atoms with Crippen molar-refractivity contribution < 1.29 is 23.4 Å².